The van der Waals surface area contributed by atoms with Gasteiger partial charge in [-0.1, -0.05) is 12.8 Å². The number of hydrogen-bond donors (Lipinski definition) is 3. The highest BCUT2D eigenvalue weighted by Gasteiger charge is 2.34. The number of carbonyl (C=O) groups excluding carboxylic acids is 2. The molecule has 26 heavy (non-hydrogen) atoms. The number of ether oxygens (including phenoxy) is 3. The Kier molecular flexibility index (Phi) is 7.98. The number of methoxy groups -OCH3 is 2. The standard InChI is InChI=1S/C17H25N3O5.ClH/c1-23-12-7-11(8-13(24-2)15(12)25-9-14(19)21)16(22)20-17(10-18)5-3-4-6-17;/h7-8H,3-6,9-10,18H2,1-2H3,(H2,19,21)(H,20,22);1H. The number of carbonyl (C=O) groups is 2. The lowest BCUT2D eigenvalue weighted by Crippen LogP contribution is -2.51. The summed E-state index contributed by atoms with van der Waals surface area (Å²) in [6.07, 6.45) is 3.82. The van der Waals surface area contributed by atoms with Crippen molar-refractivity contribution in [1.82, 2.24) is 5.32 Å². The summed E-state index contributed by atoms with van der Waals surface area (Å²) in [6.45, 7) is 0.0708. The molecule has 0 radical (unpaired) electrons. The van der Waals surface area contributed by atoms with Crippen LogP contribution in [0.5, 0.6) is 17.2 Å². The maximum Gasteiger partial charge on any atom is 0.255 e. The number of rotatable bonds is 8. The summed E-state index contributed by atoms with van der Waals surface area (Å²) in [5.74, 6) is -0.116. The second-order valence-electron chi connectivity index (χ2n) is 6.11. The van der Waals surface area contributed by atoms with E-state index in [0.717, 1.165) is 25.7 Å². The van der Waals surface area contributed by atoms with E-state index in [9.17, 15) is 9.59 Å². The van der Waals surface area contributed by atoms with Gasteiger partial charge >= 0.3 is 0 Å². The van der Waals surface area contributed by atoms with Crippen LogP contribution in [0.15, 0.2) is 12.1 Å². The van der Waals surface area contributed by atoms with Gasteiger partial charge in [0.15, 0.2) is 18.1 Å². The Labute approximate surface area is 158 Å². The lowest BCUT2D eigenvalue weighted by Gasteiger charge is -2.29. The second-order valence-corrected chi connectivity index (χ2v) is 6.11. The summed E-state index contributed by atoms with van der Waals surface area (Å²) in [5.41, 5.74) is 11.0. The van der Waals surface area contributed by atoms with Gasteiger partial charge in [-0.3, -0.25) is 9.59 Å². The third-order valence-electron chi connectivity index (χ3n) is 4.41. The average Bonchev–Trinajstić information content (AvgIpc) is 3.07. The minimum absolute atomic E-state index is 0. The number of benzene rings is 1. The van der Waals surface area contributed by atoms with Crippen LogP contribution < -0.4 is 31.0 Å². The predicted octanol–water partition coefficient (Wildman–Crippen LogP) is 0.991. The van der Waals surface area contributed by atoms with E-state index in [4.69, 9.17) is 25.7 Å². The van der Waals surface area contributed by atoms with E-state index in [0.29, 0.717) is 12.1 Å². The third kappa shape index (κ3) is 4.92. The minimum Gasteiger partial charge on any atom is -0.493 e. The van der Waals surface area contributed by atoms with Crippen molar-refractivity contribution in [2.24, 2.45) is 11.5 Å². The molecule has 0 unspecified atom stereocenters. The number of nitrogens with two attached hydrogens (primary N) is 2. The molecule has 1 fully saturated rings. The van der Waals surface area contributed by atoms with E-state index < -0.39 is 5.91 Å². The zero-order chi connectivity index (χ0) is 18.4. The van der Waals surface area contributed by atoms with Crippen molar-refractivity contribution in [3.05, 3.63) is 17.7 Å². The van der Waals surface area contributed by atoms with Crippen LogP contribution in [0.25, 0.3) is 0 Å². The molecule has 1 aromatic rings. The van der Waals surface area contributed by atoms with E-state index in [-0.39, 0.29) is 47.7 Å². The van der Waals surface area contributed by atoms with Gasteiger partial charge in [0.2, 0.25) is 5.75 Å². The van der Waals surface area contributed by atoms with E-state index >= 15 is 0 Å². The number of primary amides is 1. The molecule has 0 aromatic heterocycles. The highest BCUT2D eigenvalue weighted by Crippen LogP contribution is 2.39. The molecule has 0 aliphatic heterocycles. The van der Waals surface area contributed by atoms with Crippen molar-refractivity contribution in [3.8, 4) is 17.2 Å². The van der Waals surface area contributed by atoms with Crippen LogP contribution in [-0.4, -0.2) is 44.7 Å². The Balaban J connectivity index is 0.00000338. The van der Waals surface area contributed by atoms with Gasteiger partial charge in [-0.25, -0.2) is 0 Å². The molecule has 1 saturated carbocycles. The van der Waals surface area contributed by atoms with Gasteiger partial charge in [-0.05, 0) is 25.0 Å². The van der Waals surface area contributed by atoms with Gasteiger partial charge < -0.3 is 31.0 Å². The molecule has 8 nitrogen and oxygen atoms in total. The van der Waals surface area contributed by atoms with Crippen LogP contribution in [0.1, 0.15) is 36.0 Å². The minimum atomic E-state index is -0.628. The van der Waals surface area contributed by atoms with Crippen LogP contribution in [0.2, 0.25) is 0 Å². The molecule has 0 bridgehead atoms. The summed E-state index contributed by atoms with van der Waals surface area (Å²) in [6, 6.07) is 3.07. The first-order chi connectivity index (χ1) is 11.9. The summed E-state index contributed by atoms with van der Waals surface area (Å²) >= 11 is 0. The maximum atomic E-state index is 12.7. The fourth-order valence-electron chi connectivity index (χ4n) is 3.04. The number of nitrogens with one attached hydrogen (secondary N) is 1. The molecule has 2 rings (SSSR count). The lowest BCUT2D eigenvalue weighted by molar-refractivity contribution is -0.120. The summed E-state index contributed by atoms with van der Waals surface area (Å²) in [4.78, 5) is 23.6. The first kappa shape index (κ1) is 21.9. The largest absolute Gasteiger partial charge is 0.493 e. The molecule has 0 atom stereocenters. The fraction of sp³-hybridized carbons (Fsp3) is 0.529. The maximum absolute atomic E-state index is 12.7. The Bertz CT molecular complexity index is 622. The van der Waals surface area contributed by atoms with E-state index in [2.05, 4.69) is 5.32 Å². The molecule has 1 aliphatic rings. The van der Waals surface area contributed by atoms with Gasteiger partial charge in [-0.15, -0.1) is 12.4 Å². The van der Waals surface area contributed by atoms with E-state index in [1.165, 1.54) is 26.4 Å². The Morgan fingerprint density at radius 2 is 1.69 bits per heavy atom. The normalized spacial score (nSPS) is 14.9. The average molecular weight is 388 g/mol. The van der Waals surface area contributed by atoms with Gasteiger partial charge in [0.1, 0.15) is 0 Å². The van der Waals surface area contributed by atoms with Crippen LogP contribution in [0, 0.1) is 0 Å². The quantitative estimate of drug-likeness (QED) is 0.610. The van der Waals surface area contributed by atoms with Gasteiger partial charge in [-0.2, -0.15) is 0 Å². The molecule has 146 valence electrons. The molecule has 1 aromatic carbocycles. The Morgan fingerprint density at radius 3 is 2.12 bits per heavy atom. The fourth-order valence-corrected chi connectivity index (χ4v) is 3.04. The molecule has 0 heterocycles. The van der Waals surface area contributed by atoms with Crippen LogP contribution in [0.4, 0.5) is 0 Å². The van der Waals surface area contributed by atoms with Crippen LogP contribution in [-0.2, 0) is 4.79 Å². The highest BCUT2D eigenvalue weighted by atomic mass is 35.5. The molecular formula is C17H26ClN3O5. The SMILES string of the molecule is COc1cc(C(=O)NC2(CN)CCCC2)cc(OC)c1OCC(N)=O.Cl. The zero-order valence-corrected chi connectivity index (χ0v) is 15.8. The number of hydrogen-bond acceptors (Lipinski definition) is 6. The van der Waals surface area contributed by atoms with Crippen molar-refractivity contribution < 1.29 is 23.8 Å². The second kappa shape index (κ2) is 9.49. The van der Waals surface area contributed by atoms with Crippen molar-refractivity contribution in [2.45, 2.75) is 31.2 Å². The van der Waals surface area contributed by atoms with Crippen molar-refractivity contribution in [1.29, 1.82) is 0 Å². The van der Waals surface area contributed by atoms with Crippen molar-refractivity contribution in [2.75, 3.05) is 27.4 Å². The Morgan fingerprint density at radius 1 is 1.15 bits per heavy atom. The monoisotopic (exact) mass is 387 g/mol. The predicted molar refractivity (Wildman–Crippen MR) is 99.2 cm³/mol. The molecule has 9 heteroatoms. The molecule has 0 saturated heterocycles. The van der Waals surface area contributed by atoms with Gasteiger partial charge in [0.05, 0.1) is 19.8 Å². The van der Waals surface area contributed by atoms with Gasteiger partial charge in [0.25, 0.3) is 11.8 Å². The molecule has 1 aliphatic carbocycles. The molecule has 0 spiro atoms. The van der Waals surface area contributed by atoms with E-state index in [1.54, 1.807) is 0 Å². The highest BCUT2D eigenvalue weighted by molar-refractivity contribution is 5.96. The van der Waals surface area contributed by atoms with E-state index in [1.807, 2.05) is 0 Å². The van der Waals surface area contributed by atoms with Crippen molar-refractivity contribution >= 4 is 24.2 Å². The topological polar surface area (TPSA) is 126 Å². The smallest absolute Gasteiger partial charge is 0.255 e. The molecule has 2 amide bonds. The first-order valence-corrected chi connectivity index (χ1v) is 8.14. The summed E-state index contributed by atoms with van der Waals surface area (Å²) in [5, 5.41) is 3.04. The van der Waals surface area contributed by atoms with Gasteiger partial charge in [0, 0.05) is 12.1 Å². The molecular weight excluding hydrogens is 362 g/mol. The zero-order valence-electron chi connectivity index (χ0n) is 15.0. The summed E-state index contributed by atoms with van der Waals surface area (Å²) in [7, 11) is 2.87. The first-order valence-electron chi connectivity index (χ1n) is 8.14. The molecule has 5 N–H and O–H groups in total. The summed E-state index contributed by atoms with van der Waals surface area (Å²) < 4.78 is 15.9. The third-order valence-corrected chi connectivity index (χ3v) is 4.41. The lowest BCUT2D eigenvalue weighted by atomic mass is 9.97. The van der Waals surface area contributed by atoms with Crippen LogP contribution >= 0.6 is 12.4 Å². The Hall–Kier alpha value is -2.19. The van der Waals surface area contributed by atoms with Crippen LogP contribution in [0.3, 0.4) is 0 Å². The van der Waals surface area contributed by atoms with Crippen molar-refractivity contribution in [3.63, 3.8) is 0 Å². The number of amides is 2. The number of halogens is 1.